The van der Waals surface area contributed by atoms with E-state index in [1.165, 1.54) is 0 Å². The lowest BCUT2D eigenvalue weighted by Gasteiger charge is -2.35. The second kappa shape index (κ2) is 4.50. The van der Waals surface area contributed by atoms with Crippen LogP contribution < -0.4 is 0 Å². The Labute approximate surface area is 80.7 Å². The van der Waals surface area contributed by atoms with E-state index in [2.05, 4.69) is 11.3 Å². The number of esters is 1. The van der Waals surface area contributed by atoms with Crippen LogP contribution in [-0.4, -0.2) is 30.7 Å². The smallest absolute Gasteiger partial charge is 0.330 e. The molecule has 0 aromatic rings. The predicted molar refractivity (Wildman–Crippen MR) is 45.0 cm³/mol. The Morgan fingerprint density at radius 2 is 2.36 bits per heavy atom. The summed E-state index contributed by atoms with van der Waals surface area (Å²) in [5, 5.41) is 0. The molecule has 4 atom stereocenters. The van der Waals surface area contributed by atoms with Gasteiger partial charge in [-0.25, -0.2) is 13.6 Å². The van der Waals surface area contributed by atoms with Crippen LogP contribution in [0.4, 0.5) is 8.78 Å². The lowest BCUT2D eigenvalue weighted by atomic mass is 10.0. The Bertz CT molecular complexity index is 232. The fourth-order valence-electron chi connectivity index (χ4n) is 1.20. The minimum Gasteiger partial charge on any atom is -0.459 e. The minimum absolute atomic E-state index is 0.154. The number of hydrogen-bond acceptors (Lipinski definition) is 3. The second-order valence-corrected chi connectivity index (χ2v) is 3.16. The van der Waals surface area contributed by atoms with Crippen molar-refractivity contribution in [3.05, 3.63) is 12.7 Å². The topological polar surface area (TPSA) is 35.5 Å². The zero-order valence-electron chi connectivity index (χ0n) is 7.78. The Kier molecular flexibility index (Phi) is 3.57. The first-order valence-electron chi connectivity index (χ1n) is 4.31. The Morgan fingerprint density at radius 3 is 2.79 bits per heavy atom. The van der Waals surface area contributed by atoms with Crippen molar-refractivity contribution in [2.45, 2.75) is 38.1 Å². The molecule has 0 N–H and O–H groups in total. The van der Waals surface area contributed by atoms with Crippen LogP contribution >= 0.6 is 0 Å². The molecule has 14 heavy (non-hydrogen) atoms. The first-order valence-corrected chi connectivity index (χ1v) is 4.31. The summed E-state index contributed by atoms with van der Waals surface area (Å²) in [5.74, 6) is -0.580. The molecule has 1 aliphatic rings. The summed E-state index contributed by atoms with van der Waals surface area (Å²) in [7, 11) is 0. The highest BCUT2D eigenvalue weighted by Gasteiger charge is 2.44. The molecule has 0 aliphatic carbocycles. The van der Waals surface area contributed by atoms with Crippen LogP contribution in [0.15, 0.2) is 12.7 Å². The fraction of sp³-hybridized carbons (Fsp3) is 0.667. The monoisotopic (exact) mass is 206 g/mol. The summed E-state index contributed by atoms with van der Waals surface area (Å²) >= 11 is 0. The summed E-state index contributed by atoms with van der Waals surface area (Å²) in [6.45, 7) is 4.80. The quantitative estimate of drug-likeness (QED) is 0.517. The number of rotatable bonds is 4. The molecule has 1 fully saturated rings. The highest BCUT2D eigenvalue weighted by molar-refractivity contribution is 5.81. The van der Waals surface area contributed by atoms with Crippen molar-refractivity contribution in [2.75, 3.05) is 0 Å². The lowest BCUT2D eigenvalue weighted by molar-refractivity contribution is -0.254. The largest absolute Gasteiger partial charge is 0.459 e. The van der Waals surface area contributed by atoms with Gasteiger partial charge in [-0.1, -0.05) is 6.58 Å². The van der Waals surface area contributed by atoms with Crippen LogP contribution in [0.5, 0.6) is 0 Å². The second-order valence-electron chi connectivity index (χ2n) is 3.16. The maximum Gasteiger partial charge on any atom is 0.330 e. The van der Waals surface area contributed by atoms with Crippen molar-refractivity contribution in [3.8, 4) is 0 Å². The van der Waals surface area contributed by atoms with E-state index in [0.29, 0.717) is 0 Å². The molecule has 1 heterocycles. The standard InChI is InChI=1S/C9H12F2O3/c1-3-7(12)13-5(2)4-6-8(10)9(11)14-6/h3,5-6,8-9H,1,4H2,2H3. The van der Waals surface area contributed by atoms with Gasteiger partial charge in [0.15, 0.2) is 6.17 Å². The van der Waals surface area contributed by atoms with Crippen LogP contribution in [0, 0.1) is 0 Å². The van der Waals surface area contributed by atoms with Crippen molar-refractivity contribution in [2.24, 2.45) is 0 Å². The van der Waals surface area contributed by atoms with Gasteiger partial charge in [0.05, 0.1) is 0 Å². The third-order valence-corrected chi connectivity index (χ3v) is 1.96. The van der Waals surface area contributed by atoms with Crippen molar-refractivity contribution < 1.29 is 23.0 Å². The average molecular weight is 206 g/mol. The van der Waals surface area contributed by atoms with Gasteiger partial charge < -0.3 is 9.47 Å². The molecule has 1 rings (SSSR count). The van der Waals surface area contributed by atoms with E-state index in [0.717, 1.165) is 6.08 Å². The highest BCUT2D eigenvalue weighted by atomic mass is 19.2. The maximum absolute atomic E-state index is 12.7. The van der Waals surface area contributed by atoms with Gasteiger partial charge >= 0.3 is 5.97 Å². The van der Waals surface area contributed by atoms with E-state index in [4.69, 9.17) is 4.74 Å². The van der Waals surface area contributed by atoms with Crippen molar-refractivity contribution in [1.29, 1.82) is 0 Å². The van der Waals surface area contributed by atoms with Crippen LogP contribution in [-0.2, 0) is 14.3 Å². The van der Waals surface area contributed by atoms with Crippen LogP contribution in [0.2, 0.25) is 0 Å². The lowest BCUT2D eigenvalue weighted by Crippen LogP contribution is -2.49. The van der Waals surface area contributed by atoms with Gasteiger partial charge in [0.2, 0.25) is 6.36 Å². The summed E-state index contributed by atoms with van der Waals surface area (Å²) in [4.78, 5) is 10.7. The summed E-state index contributed by atoms with van der Waals surface area (Å²) < 4.78 is 34.2. The molecule has 0 aromatic carbocycles. The molecule has 0 saturated carbocycles. The predicted octanol–water partition coefficient (Wildman–Crippen LogP) is 1.53. The zero-order valence-corrected chi connectivity index (χ0v) is 7.78. The van der Waals surface area contributed by atoms with Crippen LogP contribution in [0.3, 0.4) is 0 Å². The van der Waals surface area contributed by atoms with Crippen molar-refractivity contribution in [1.82, 2.24) is 0 Å². The van der Waals surface area contributed by atoms with Gasteiger partial charge in [-0.15, -0.1) is 0 Å². The van der Waals surface area contributed by atoms with E-state index in [1.807, 2.05) is 0 Å². The zero-order chi connectivity index (χ0) is 10.7. The van der Waals surface area contributed by atoms with Gasteiger partial charge in [-0.2, -0.15) is 0 Å². The molecule has 0 amide bonds. The molecule has 4 unspecified atom stereocenters. The molecular formula is C9H12F2O3. The number of ether oxygens (including phenoxy) is 2. The third kappa shape index (κ3) is 2.51. The first-order chi connectivity index (χ1) is 6.54. The molecule has 3 nitrogen and oxygen atoms in total. The molecular weight excluding hydrogens is 194 g/mol. The highest BCUT2D eigenvalue weighted by Crippen LogP contribution is 2.29. The van der Waals surface area contributed by atoms with Crippen LogP contribution in [0.1, 0.15) is 13.3 Å². The Balaban J connectivity index is 2.24. The molecule has 0 aromatic heterocycles. The van der Waals surface area contributed by atoms with E-state index < -0.39 is 30.7 Å². The van der Waals surface area contributed by atoms with Crippen molar-refractivity contribution >= 4 is 5.97 Å². The maximum atomic E-state index is 12.7. The summed E-state index contributed by atoms with van der Waals surface area (Å²) in [6.07, 6.45) is -3.58. The van der Waals surface area contributed by atoms with Gasteiger partial charge in [0, 0.05) is 12.5 Å². The number of carbonyl (C=O) groups is 1. The third-order valence-electron chi connectivity index (χ3n) is 1.96. The normalized spacial score (nSPS) is 32.9. The van der Waals surface area contributed by atoms with E-state index in [1.54, 1.807) is 6.92 Å². The molecule has 1 saturated heterocycles. The van der Waals surface area contributed by atoms with E-state index in [9.17, 15) is 13.6 Å². The SMILES string of the molecule is C=CC(=O)OC(C)CC1OC(F)C1F. The number of alkyl halides is 2. The fourth-order valence-corrected chi connectivity index (χ4v) is 1.20. The van der Waals surface area contributed by atoms with Crippen molar-refractivity contribution in [3.63, 3.8) is 0 Å². The van der Waals surface area contributed by atoms with Gasteiger partial charge in [-0.3, -0.25) is 0 Å². The molecule has 0 radical (unpaired) electrons. The van der Waals surface area contributed by atoms with E-state index in [-0.39, 0.29) is 6.42 Å². The Morgan fingerprint density at radius 1 is 1.71 bits per heavy atom. The number of halogens is 2. The molecule has 0 spiro atoms. The first kappa shape index (κ1) is 11.1. The summed E-state index contributed by atoms with van der Waals surface area (Å²) in [5.41, 5.74) is 0. The number of carbonyl (C=O) groups excluding carboxylic acids is 1. The molecule has 0 bridgehead atoms. The summed E-state index contributed by atoms with van der Waals surface area (Å²) in [6, 6.07) is 0. The van der Waals surface area contributed by atoms with Gasteiger partial charge in [-0.05, 0) is 6.92 Å². The number of hydrogen-bond donors (Lipinski definition) is 0. The van der Waals surface area contributed by atoms with Crippen LogP contribution in [0.25, 0.3) is 0 Å². The van der Waals surface area contributed by atoms with E-state index >= 15 is 0 Å². The molecule has 80 valence electrons. The molecule has 5 heteroatoms. The average Bonchev–Trinajstić information content (AvgIpc) is 2.16. The molecule has 1 aliphatic heterocycles. The van der Waals surface area contributed by atoms with Gasteiger partial charge in [0.1, 0.15) is 12.2 Å². The Hall–Kier alpha value is -0.970. The minimum atomic E-state index is -1.83. The van der Waals surface area contributed by atoms with Gasteiger partial charge in [0.25, 0.3) is 0 Å².